The first-order valence-corrected chi connectivity index (χ1v) is 6.04. The van der Waals surface area contributed by atoms with E-state index < -0.39 is 0 Å². The fourth-order valence-corrected chi connectivity index (χ4v) is 2.61. The number of anilines is 1. The van der Waals surface area contributed by atoms with Crippen molar-refractivity contribution in [3.05, 3.63) is 24.0 Å². The minimum atomic E-state index is 0.120. The quantitative estimate of drug-likeness (QED) is 0.797. The number of alkyl halides is 1. The van der Waals surface area contributed by atoms with Gasteiger partial charge in [-0.2, -0.15) is 0 Å². The van der Waals surface area contributed by atoms with Crippen LogP contribution in [0.4, 0.5) is 5.69 Å². The molecule has 0 saturated heterocycles. The summed E-state index contributed by atoms with van der Waals surface area (Å²) in [5.41, 5.74) is 2.31. The van der Waals surface area contributed by atoms with Crippen molar-refractivity contribution in [2.75, 3.05) is 11.2 Å². The molecule has 3 heteroatoms. The highest BCUT2D eigenvalue weighted by molar-refractivity contribution is 6.18. The molecule has 1 aliphatic rings. The second-order valence-corrected chi connectivity index (χ2v) is 4.70. The van der Waals surface area contributed by atoms with E-state index in [1.54, 1.807) is 0 Å². The molecule has 82 valence electrons. The van der Waals surface area contributed by atoms with Gasteiger partial charge in [0.25, 0.3) is 0 Å². The van der Waals surface area contributed by atoms with Crippen molar-refractivity contribution in [2.24, 2.45) is 0 Å². The molecule has 0 bridgehead atoms. The number of nitrogens with zero attached hydrogens (tertiary/aromatic N) is 1. The van der Waals surface area contributed by atoms with Crippen LogP contribution in [-0.4, -0.2) is 16.4 Å². The van der Waals surface area contributed by atoms with Crippen molar-refractivity contribution in [3.8, 4) is 0 Å². The minimum absolute atomic E-state index is 0.120. The van der Waals surface area contributed by atoms with Gasteiger partial charge in [-0.15, -0.1) is 11.6 Å². The van der Waals surface area contributed by atoms with E-state index in [0.29, 0.717) is 5.88 Å². The molecule has 0 unspecified atom stereocenters. The van der Waals surface area contributed by atoms with E-state index in [0.717, 1.165) is 11.4 Å². The van der Waals surface area contributed by atoms with Gasteiger partial charge in [-0.05, 0) is 31.9 Å². The van der Waals surface area contributed by atoms with Crippen LogP contribution in [0.2, 0.25) is 0 Å². The zero-order valence-electron chi connectivity index (χ0n) is 9.09. The summed E-state index contributed by atoms with van der Waals surface area (Å²) in [4.78, 5) is 4.19. The van der Waals surface area contributed by atoms with E-state index in [1.807, 2.05) is 19.2 Å². The molecule has 1 fully saturated rings. The Kier molecular flexibility index (Phi) is 3.15. The van der Waals surface area contributed by atoms with Crippen LogP contribution < -0.4 is 5.32 Å². The van der Waals surface area contributed by atoms with Crippen LogP contribution in [0.3, 0.4) is 0 Å². The third-order valence-electron chi connectivity index (χ3n) is 3.12. The van der Waals surface area contributed by atoms with Crippen molar-refractivity contribution < 1.29 is 0 Å². The SMILES string of the molecule is Cc1cc(NC2(CCl)CCCC2)ccn1. The lowest BCUT2D eigenvalue weighted by atomic mass is 10.00. The van der Waals surface area contributed by atoms with E-state index >= 15 is 0 Å². The number of aryl methyl sites for hydroxylation is 1. The van der Waals surface area contributed by atoms with Crippen molar-refractivity contribution in [3.63, 3.8) is 0 Å². The molecule has 0 aliphatic heterocycles. The summed E-state index contributed by atoms with van der Waals surface area (Å²) in [7, 11) is 0. The highest BCUT2D eigenvalue weighted by atomic mass is 35.5. The molecule has 1 aromatic heterocycles. The van der Waals surface area contributed by atoms with Crippen LogP contribution in [0.25, 0.3) is 0 Å². The van der Waals surface area contributed by atoms with Crippen LogP contribution >= 0.6 is 11.6 Å². The summed E-state index contributed by atoms with van der Waals surface area (Å²) in [6.45, 7) is 2.01. The third-order valence-corrected chi connectivity index (χ3v) is 3.63. The van der Waals surface area contributed by atoms with E-state index in [1.165, 1.54) is 25.7 Å². The van der Waals surface area contributed by atoms with E-state index in [4.69, 9.17) is 11.6 Å². The molecule has 1 aromatic rings. The number of aromatic nitrogens is 1. The number of nitrogens with one attached hydrogen (secondary N) is 1. The van der Waals surface area contributed by atoms with Gasteiger partial charge in [0, 0.05) is 23.5 Å². The van der Waals surface area contributed by atoms with Gasteiger partial charge in [0.05, 0.1) is 5.54 Å². The lowest BCUT2D eigenvalue weighted by Gasteiger charge is -2.29. The molecule has 0 atom stereocenters. The van der Waals surface area contributed by atoms with Gasteiger partial charge >= 0.3 is 0 Å². The maximum Gasteiger partial charge on any atom is 0.0508 e. The van der Waals surface area contributed by atoms with Crippen LogP contribution in [-0.2, 0) is 0 Å². The van der Waals surface area contributed by atoms with Gasteiger partial charge in [-0.25, -0.2) is 0 Å². The highest BCUT2D eigenvalue weighted by Gasteiger charge is 2.32. The minimum Gasteiger partial charge on any atom is -0.378 e. The van der Waals surface area contributed by atoms with Crippen LogP contribution in [0.5, 0.6) is 0 Å². The zero-order chi connectivity index (χ0) is 10.7. The normalized spacial score (nSPS) is 19.1. The molecule has 0 spiro atoms. The first-order valence-electron chi connectivity index (χ1n) is 5.51. The average molecular weight is 225 g/mol. The first-order chi connectivity index (χ1) is 7.24. The van der Waals surface area contributed by atoms with Gasteiger partial charge in [-0.1, -0.05) is 12.8 Å². The van der Waals surface area contributed by atoms with Gasteiger partial charge < -0.3 is 5.32 Å². The molecule has 1 heterocycles. The zero-order valence-corrected chi connectivity index (χ0v) is 9.85. The Bertz CT molecular complexity index is 332. The lowest BCUT2D eigenvalue weighted by Crippen LogP contribution is -2.37. The molecule has 0 radical (unpaired) electrons. The monoisotopic (exact) mass is 224 g/mol. The summed E-state index contributed by atoms with van der Waals surface area (Å²) < 4.78 is 0. The second kappa shape index (κ2) is 4.40. The van der Waals surface area contributed by atoms with Crippen molar-refractivity contribution >= 4 is 17.3 Å². The van der Waals surface area contributed by atoms with Crippen molar-refractivity contribution in [1.29, 1.82) is 0 Å². The molecule has 1 aliphatic carbocycles. The molecule has 2 nitrogen and oxygen atoms in total. The predicted octanol–water partition coefficient (Wildman–Crippen LogP) is 3.35. The smallest absolute Gasteiger partial charge is 0.0508 e. The summed E-state index contributed by atoms with van der Waals surface area (Å²) >= 11 is 6.08. The van der Waals surface area contributed by atoms with E-state index in [9.17, 15) is 0 Å². The second-order valence-electron chi connectivity index (χ2n) is 4.43. The van der Waals surface area contributed by atoms with Crippen molar-refractivity contribution in [1.82, 2.24) is 4.98 Å². The maximum absolute atomic E-state index is 6.08. The summed E-state index contributed by atoms with van der Waals surface area (Å²) in [6.07, 6.45) is 6.76. The molecule has 15 heavy (non-hydrogen) atoms. The van der Waals surface area contributed by atoms with E-state index in [2.05, 4.69) is 16.4 Å². The molecule has 1 N–H and O–H groups in total. The number of rotatable bonds is 3. The summed E-state index contributed by atoms with van der Waals surface area (Å²) in [5, 5.41) is 3.57. The van der Waals surface area contributed by atoms with Gasteiger partial charge in [0.2, 0.25) is 0 Å². The largest absolute Gasteiger partial charge is 0.378 e. The standard InChI is InChI=1S/C12H17ClN2/c1-10-8-11(4-7-14-10)15-12(9-13)5-2-3-6-12/h4,7-8H,2-3,5-6,9H2,1H3,(H,14,15). The third kappa shape index (κ3) is 2.43. The Morgan fingerprint density at radius 3 is 2.80 bits per heavy atom. The highest BCUT2D eigenvalue weighted by Crippen LogP contribution is 2.34. The number of pyridine rings is 1. The molecular formula is C12H17ClN2. The fourth-order valence-electron chi connectivity index (χ4n) is 2.27. The first kappa shape index (κ1) is 10.7. The Morgan fingerprint density at radius 2 is 2.20 bits per heavy atom. The Hall–Kier alpha value is -0.760. The maximum atomic E-state index is 6.08. The molecule has 0 aromatic carbocycles. The molecule has 1 saturated carbocycles. The average Bonchev–Trinajstić information content (AvgIpc) is 2.67. The van der Waals surface area contributed by atoms with Gasteiger partial charge in [-0.3, -0.25) is 4.98 Å². The fraction of sp³-hybridized carbons (Fsp3) is 0.583. The van der Waals surface area contributed by atoms with Crippen LogP contribution in [0.1, 0.15) is 31.4 Å². The van der Waals surface area contributed by atoms with Crippen molar-refractivity contribution in [2.45, 2.75) is 38.1 Å². The van der Waals surface area contributed by atoms with Crippen LogP contribution in [0, 0.1) is 6.92 Å². The van der Waals surface area contributed by atoms with Crippen LogP contribution in [0.15, 0.2) is 18.3 Å². The Labute approximate surface area is 96.1 Å². The van der Waals surface area contributed by atoms with Gasteiger partial charge in [0.1, 0.15) is 0 Å². The number of hydrogen-bond acceptors (Lipinski definition) is 2. The summed E-state index contributed by atoms with van der Waals surface area (Å²) in [6, 6.07) is 4.09. The summed E-state index contributed by atoms with van der Waals surface area (Å²) in [5.74, 6) is 0.689. The number of halogens is 1. The molecule has 0 amide bonds. The molecular weight excluding hydrogens is 208 g/mol. The van der Waals surface area contributed by atoms with E-state index in [-0.39, 0.29) is 5.54 Å². The number of hydrogen-bond donors (Lipinski definition) is 1. The molecule has 2 rings (SSSR count). The Balaban J connectivity index is 2.12. The van der Waals surface area contributed by atoms with Gasteiger partial charge in [0.15, 0.2) is 0 Å². The Morgan fingerprint density at radius 1 is 1.47 bits per heavy atom. The topological polar surface area (TPSA) is 24.9 Å². The predicted molar refractivity (Wildman–Crippen MR) is 64.5 cm³/mol. The lowest BCUT2D eigenvalue weighted by molar-refractivity contribution is 0.540.